The van der Waals surface area contributed by atoms with E-state index in [1.165, 1.54) is 39.8 Å². The molecule has 0 radical (unpaired) electrons. The number of hydrogen-bond donors (Lipinski definition) is 6. The van der Waals surface area contributed by atoms with Crippen molar-refractivity contribution in [1.29, 1.82) is 0 Å². The fourth-order valence-electron chi connectivity index (χ4n) is 7.04. The Labute approximate surface area is 356 Å². The summed E-state index contributed by atoms with van der Waals surface area (Å²) in [5, 5.41) is 7.31. The second-order valence-corrected chi connectivity index (χ2v) is 15.2. The number of guanidine groups is 2. The van der Waals surface area contributed by atoms with Crippen LogP contribution in [0.3, 0.4) is 0 Å². The van der Waals surface area contributed by atoms with E-state index in [4.69, 9.17) is 44.1 Å². The van der Waals surface area contributed by atoms with Gasteiger partial charge in [0.2, 0.25) is 11.8 Å². The number of hydrogen-bond acceptors (Lipinski definition) is 10. The Morgan fingerprint density at radius 3 is 1.80 bits per heavy atom. The highest BCUT2D eigenvalue weighted by Gasteiger charge is 2.18. The van der Waals surface area contributed by atoms with Crippen LogP contribution in [0.5, 0.6) is 23.3 Å². The number of aromatic nitrogens is 4. The van der Waals surface area contributed by atoms with E-state index in [9.17, 15) is 9.59 Å². The summed E-state index contributed by atoms with van der Waals surface area (Å²) in [6.45, 7) is 6.26. The Hall–Kier alpha value is -6.20. The number of carbonyl (C=O) groups is 2. The highest BCUT2D eigenvalue weighted by molar-refractivity contribution is 6.36. The maximum atomic E-state index is 12.4. The van der Waals surface area contributed by atoms with Crippen LogP contribution in [0.1, 0.15) is 57.8 Å². The number of aliphatic imine (C=N–C) groups is 2. The van der Waals surface area contributed by atoms with Crippen molar-refractivity contribution in [1.82, 2.24) is 40.4 Å². The highest BCUT2D eigenvalue weighted by atomic mass is 35.5. The lowest BCUT2D eigenvalue weighted by Crippen LogP contribution is -2.36. The number of nitrogens with zero attached hydrogens (tertiary/aromatic N) is 6. The predicted octanol–water partition coefficient (Wildman–Crippen LogP) is 6.56. The summed E-state index contributed by atoms with van der Waals surface area (Å²) in [4.78, 5) is 51.7. The van der Waals surface area contributed by atoms with Gasteiger partial charge in [-0.1, -0.05) is 23.2 Å². The van der Waals surface area contributed by atoms with Crippen molar-refractivity contribution in [3.05, 3.63) is 106 Å². The van der Waals surface area contributed by atoms with Crippen LogP contribution in [0, 0.1) is 0 Å². The molecule has 6 heterocycles. The van der Waals surface area contributed by atoms with Gasteiger partial charge in [0.15, 0.2) is 17.7 Å². The van der Waals surface area contributed by atoms with Crippen molar-refractivity contribution < 1.29 is 19.1 Å². The molecule has 18 heteroatoms. The van der Waals surface area contributed by atoms with Gasteiger partial charge in [-0.05, 0) is 99.4 Å². The van der Waals surface area contributed by atoms with E-state index in [0.717, 1.165) is 50.4 Å². The van der Waals surface area contributed by atoms with Crippen LogP contribution in [0.2, 0.25) is 10.0 Å². The number of pyridine rings is 2. The second kappa shape index (κ2) is 19.2. The molecular weight excluding hydrogens is 807 g/mol. The Kier molecular flexibility index (Phi) is 13.5. The molecular formula is C42H46Cl2N12O4. The van der Waals surface area contributed by atoms with Crippen molar-refractivity contribution in [3.8, 4) is 23.3 Å². The Balaban J connectivity index is 0.000000181. The van der Waals surface area contributed by atoms with Gasteiger partial charge in [-0.15, -0.1) is 0 Å². The first-order chi connectivity index (χ1) is 29.0. The third-order valence-electron chi connectivity index (χ3n) is 10.1. The number of H-pyrrole nitrogens is 2. The van der Waals surface area contributed by atoms with E-state index in [1.807, 2.05) is 24.3 Å². The lowest BCUT2D eigenvalue weighted by molar-refractivity contribution is 0.0964. The van der Waals surface area contributed by atoms with Gasteiger partial charge in [0.05, 0.1) is 21.1 Å². The molecule has 8 rings (SSSR count). The number of fused-ring (bicyclic) bond motifs is 2. The maximum Gasteiger partial charge on any atom is 0.274 e. The first-order valence-electron chi connectivity index (χ1n) is 19.5. The number of ether oxygens (including phenoxy) is 2. The summed E-state index contributed by atoms with van der Waals surface area (Å²) >= 11 is 12.7. The molecule has 312 valence electrons. The predicted molar refractivity (Wildman–Crippen MR) is 234 cm³/mol. The van der Waals surface area contributed by atoms with Crippen LogP contribution in [-0.4, -0.2) is 93.7 Å². The molecule has 0 saturated carbocycles. The second-order valence-electron chi connectivity index (χ2n) is 14.4. The monoisotopic (exact) mass is 852 g/mol. The van der Waals surface area contributed by atoms with Crippen LogP contribution in [0.4, 0.5) is 0 Å². The molecule has 2 aromatic carbocycles. The number of halogens is 2. The summed E-state index contributed by atoms with van der Waals surface area (Å²) in [5.41, 5.74) is 15.3. The molecule has 4 aromatic heterocycles. The summed E-state index contributed by atoms with van der Waals surface area (Å²) in [7, 11) is 2.99. The minimum atomic E-state index is -0.415. The van der Waals surface area contributed by atoms with Gasteiger partial charge >= 0.3 is 0 Å². The van der Waals surface area contributed by atoms with Gasteiger partial charge in [-0.2, -0.15) is 0 Å². The molecule has 16 nitrogen and oxygen atoms in total. The molecule has 0 spiro atoms. The lowest BCUT2D eigenvalue weighted by Gasteiger charge is -2.15. The van der Waals surface area contributed by atoms with Gasteiger partial charge in [0, 0.05) is 74.6 Å². The average molecular weight is 854 g/mol. The van der Waals surface area contributed by atoms with Crippen molar-refractivity contribution in [3.63, 3.8) is 0 Å². The minimum Gasteiger partial charge on any atom is -0.439 e. The van der Waals surface area contributed by atoms with Gasteiger partial charge in [0.1, 0.15) is 17.1 Å². The van der Waals surface area contributed by atoms with Crippen LogP contribution in [0.25, 0.3) is 21.8 Å². The van der Waals surface area contributed by atoms with Gasteiger partial charge in [-0.3, -0.25) is 40.0 Å². The van der Waals surface area contributed by atoms with Crippen LogP contribution in [0.15, 0.2) is 83.0 Å². The molecule has 0 atom stereocenters. The molecule has 2 aliphatic heterocycles. The topological polar surface area (TPSA) is 217 Å². The highest BCUT2D eigenvalue weighted by Crippen LogP contribution is 2.35. The number of rotatable bonds is 10. The molecule has 2 amide bonds. The first-order valence-corrected chi connectivity index (χ1v) is 20.2. The van der Waals surface area contributed by atoms with E-state index in [2.05, 4.69) is 50.4 Å². The fraction of sp³-hybridized carbons (Fsp3) is 0.286. The van der Waals surface area contributed by atoms with E-state index in [0.29, 0.717) is 66.5 Å². The summed E-state index contributed by atoms with van der Waals surface area (Å²) in [6, 6.07) is 18.2. The third kappa shape index (κ3) is 10.5. The molecule has 0 aliphatic carbocycles. The number of likely N-dealkylation sites (tertiary alicyclic amines) is 2. The third-order valence-corrected chi connectivity index (χ3v) is 10.7. The first kappa shape index (κ1) is 41.9. The Morgan fingerprint density at radius 2 is 1.23 bits per heavy atom. The lowest BCUT2D eigenvalue weighted by atomic mass is 10.2. The molecule has 2 fully saturated rings. The molecule has 0 unspecified atom stereocenters. The Morgan fingerprint density at radius 1 is 0.700 bits per heavy atom. The van der Waals surface area contributed by atoms with Gasteiger partial charge < -0.3 is 30.9 Å². The molecule has 6 aromatic rings. The van der Waals surface area contributed by atoms with Crippen molar-refractivity contribution in [2.75, 3.05) is 40.3 Å². The standard InChI is InChI=1S/2C21H23ClN6O2/c1-24-21(23)27-20(29)16-11-14-15(22)4-5-17(19(14)26-16)30-18-10-13(6-7-25-18)12-28-8-2-3-9-28;1-24-21(23)27-20(29)18-11-15-16(22)9-14(10-17(15)26-18)30-19-8-13(4-5-25-19)12-28-6-2-3-7-28/h4-7,10-11,26H,2-3,8-9,12H2,1H3,(H3,23,24,27,29);4-5,8-11,26H,2-3,6-7,12H2,1H3,(H3,23,24,27,29). The summed E-state index contributed by atoms with van der Waals surface area (Å²) in [5.74, 6) is 1.29. The van der Waals surface area contributed by atoms with E-state index in [-0.39, 0.29) is 11.9 Å². The summed E-state index contributed by atoms with van der Waals surface area (Å²) in [6.07, 6.45) is 8.49. The van der Waals surface area contributed by atoms with Gasteiger partial charge in [0.25, 0.3) is 11.8 Å². The van der Waals surface area contributed by atoms with Gasteiger partial charge in [-0.25, -0.2) is 9.97 Å². The number of carbonyl (C=O) groups excluding carboxylic acids is 2. The number of amides is 2. The van der Waals surface area contributed by atoms with Crippen molar-refractivity contribution in [2.24, 2.45) is 21.5 Å². The van der Waals surface area contributed by atoms with E-state index < -0.39 is 11.8 Å². The number of benzene rings is 2. The number of nitrogens with one attached hydrogen (secondary N) is 4. The van der Waals surface area contributed by atoms with Crippen molar-refractivity contribution >= 4 is 68.7 Å². The molecule has 60 heavy (non-hydrogen) atoms. The molecule has 2 saturated heterocycles. The zero-order valence-electron chi connectivity index (χ0n) is 33.2. The molecule has 0 bridgehead atoms. The maximum absolute atomic E-state index is 12.4. The zero-order chi connectivity index (χ0) is 42.2. The minimum absolute atomic E-state index is 0.0280. The van der Waals surface area contributed by atoms with Crippen molar-refractivity contribution in [2.45, 2.75) is 38.8 Å². The number of nitrogens with two attached hydrogens (primary N) is 2. The fourth-order valence-corrected chi connectivity index (χ4v) is 7.51. The largest absolute Gasteiger partial charge is 0.439 e. The average Bonchev–Trinajstić information content (AvgIpc) is 4.08. The van der Waals surface area contributed by atoms with E-state index in [1.54, 1.807) is 48.8 Å². The van der Waals surface area contributed by atoms with Crippen LogP contribution < -0.4 is 31.6 Å². The summed E-state index contributed by atoms with van der Waals surface area (Å²) < 4.78 is 12.0. The normalized spacial score (nSPS) is 14.9. The number of aromatic amines is 2. The molecule has 2 aliphatic rings. The Bertz CT molecular complexity index is 2560. The zero-order valence-corrected chi connectivity index (χ0v) is 34.7. The SMILES string of the molecule is CN=C(N)NC(=O)c1cc2c(Cl)cc(Oc3cc(CN4CCCC4)ccn3)cc2[nH]1.CN=C(N)NC(=O)c1cc2c(Cl)ccc(Oc3cc(CN4CCCC4)ccn3)c2[nH]1. The van der Waals surface area contributed by atoms with E-state index >= 15 is 0 Å². The quantitative estimate of drug-likeness (QED) is 0.0645. The molecule has 8 N–H and O–H groups in total. The van der Waals surface area contributed by atoms with Crippen LogP contribution >= 0.6 is 23.2 Å². The smallest absolute Gasteiger partial charge is 0.274 e. The van der Waals surface area contributed by atoms with Crippen LogP contribution in [-0.2, 0) is 13.1 Å².